The van der Waals surface area contributed by atoms with Crippen LogP contribution < -0.4 is 9.47 Å². The molecular formula is C23H22Cl2N6O4. The van der Waals surface area contributed by atoms with Crippen LogP contribution in [0.3, 0.4) is 0 Å². The first kappa shape index (κ1) is 23.4. The lowest BCUT2D eigenvalue weighted by molar-refractivity contribution is -0.136. The Morgan fingerprint density at radius 1 is 1.11 bits per heavy atom. The Kier molecular flexibility index (Phi) is 6.50. The summed E-state index contributed by atoms with van der Waals surface area (Å²) < 4.78 is 17.6. The second kappa shape index (κ2) is 9.73. The minimum Gasteiger partial charge on any atom is -0.495 e. The number of ether oxygens (including phenoxy) is 3. The van der Waals surface area contributed by atoms with Crippen LogP contribution in [0.5, 0.6) is 11.5 Å². The number of hydrogen-bond donors (Lipinski definition) is 1. The first-order valence-electron chi connectivity index (χ1n) is 10.8. The molecule has 0 bridgehead atoms. The van der Waals surface area contributed by atoms with Gasteiger partial charge in [0.15, 0.2) is 0 Å². The van der Waals surface area contributed by atoms with E-state index >= 15 is 0 Å². The van der Waals surface area contributed by atoms with Gasteiger partial charge in [0.2, 0.25) is 5.91 Å². The molecule has 0 atom stereocenters. The van der Waals surface area contributed by atoms with Crippen molar-refractivity contribution in [2.24, 2.45) is 0 Å². The lowest BCUT2D eigenvalue weighted by Gasteiger charge is -2.26. The Hall–Kier alpha value is -3.34. The van der Waals surface area contributed by atoms with Crippen LogP contribution in [0.1, 0.15) is 0 Å². The third-order valence-electron chi connectivity index (χ3n) is 5.84. The maximum Gasteiger partial charge on any atom is 0.244 e. The largest absolute Gasteiger partial charge is 0.495 e. The van der Waals surface area contributed by atoms with Crippen LogP contribution in [0.25, 0.3) is 33.4 Å². The Labute approximate surface area is 210 Å². The van der Waals surface area contributed by atoms with E-state index in [2.05, 4.69) is 20.3 Å². The molecule has 1 aliphatic rings. The number of aromatic nitrogens is 5. The molecule has 0 saturated carbocycles. The number of pyridine rings is 1. The minimum atomic E-state index is 0.00335. The summed E-state index contributed by atoms with van der Waals surface area (Å²) in [6.07, 6.45) is 5.16. The van der Waals surface area contributed by atoms with Crippen molar-refractivity contribution in [3.8, 4) is 34.0 Å². The van der Waals surface area contributed by atoms with Crippen LogP contribution in [0, 0.1) is 0 Å². The van der Waals surface area contributed by atoms with E-state index in [0.717, 1.165) is 16.5 Å². The highest BCUT2D eigenvalue weighted by Crippen LogP contribution is 2.45. The molecule has 5 rings (SSSR count). The predicted molar refractivity (Wildman–Crippen MR) is 131 cm³/mol. The summed E-state index contributed by atoms with van der Waals surface area (Å²) in [5.41, 5.74) is 3.20. The highest BCUT2D eigenvalue weighted by atomic mass is 35.5. The monoisotopic (exact) mass is 516 g/mol. The van der Waals surface area contributed by atoms with Crippen molar-refractivity contribution >= 4 is 40.0 Å². The number of methoxy groups -OCH3 is 2. The molecule has 0 spiro atoms. The van der Waals surface area contributed by atoms with E-state index in [4.69, 9.17) is 37.4 Å². The number of nitrogens with one attached hydrogen (secondary N) is 1. The summed E-state index contributed by atoms with van der Waals surface area (Å²) in [7, 11) is 3.04. The van der Waals surface area contributed by atoms with Crippen LogP contribution in [0.15, 0.2) is 30.7 Å². The summed E-state index contributed by atoms with van der Waals surface area (Å²) in [6, 6.07) is 3.44. The molecule has 0 radical (unpaired) electrons. The van der Waals surface area contributed by atoms with Gasteiger partial charge < -0.3 is 19.1 Å². The molecule has 4 heterocycles. The van der Waals surface area contributed by atoms with E-state index in [1.54, 1.807) is 34.2 Å². The van der Waals surface area contributed by atoms with Crippen LogP contribution in [0.4, 0.5) is 0 Å². The molecule has 1 fully saturated rings. The number of halogens is 2. The van der Waals surface area contributed by atoms with Gasteiger partial charge in [0.05, 0.1) is 54.9 Å². The highest BCUT2D eigenvalue weighted by molar-refractivity contribution is 6.41. The van der Waals surface area contributed by atoms with Crippen LogP contribution in [-0.2, 0) is 16.1 Å². The number of aromatic amines is 1. The quantitative estimate of drug-likeness (QED) is 0.416. The average Bonchev–Trinajstić information content (AvgIpc) is 3.51. The Morgan fingerprint density at radius 2 is 1.83 bits per heavy atom. The van der Waals surface area contributed by atoms with Gasteiger partial charge in [-0.05, 0) is 6.07 Å². The fourth-order valence-corrected chi connectivity index (χ4v) is 4.70. The summed E-state index contributed by atoms with van der Waals surface area (Å²) in [6.45, 7) is 2.46. The SMILES string of the molecule is COc1cc(OC)c(Cl)c(-c2cc3[nH]nc(-c4cnn(CC(=O)N5CCOCC5)c4)c3cn2)c1Cl. The number of H-pyrrole nitrogens is 1. The van der Waals surface area contributed by atoms with E-state index in [9.17, 15) is 4.79 Å². The van der Waals surface area contributed by atoms with E-state index in [0.29, 0.717) is 64.8 Å². The van der Waals surface area contributed by atoms with E-state index in [1.807, 2.05) is 6.07 Å². The molecule has 0 unspecified atom stereocenters. The normalized spacial score (nSPS) is 13.9. The number of morpholine rings is 1. The van der Waals surface area contributed by atoms with Gasteiger partial charge >= 0.3 is 0 Å². The standard InChI is InChI=1S/C23H22Cl2N6O4/c1-33-17-8-18(34-2)22(25)20(21(17)24)16-7-15-14(10-26-16)23(29-28-15)13-9-27-31(11-13)12-19(32)30-3-5-35-6-4-30/h7-11H,3-6,12H2,1-2H3,(H,28,29). The van der Waals surface area contributed by atoms with Crippen molar-refractivity contribution in [1.29, 1.82) is 0 Å². The fraction of sp³-hybridized carbons (Fsp3) is 0.304. The lowest BCUT2D eigenvalue weighted by Crippen LogP contribution is -2.42. The molecular weight excluding hydrogens is 495 g/mol. The van der Waals surface area contributed by atoms with Crippen molar-refractivity contribution < 1.29 is 19.0 Å². The van der Waals surface area contributed by atoms with E-state index in [1.165, 1.54) is 14.2 Å². The number of nitrogens with zero attached hydrogens (tertiary/aromatic N) is 5. The fourth-order valence-electron chi connectivity index (χ4n) is 4.00. The first-order chi connectivity index (χ1) is 17.0. The van der Waals surface area contributed by atoms with Gasteiger partial charge in [-0.3, -0.25) is 19.6 Å². The van der Waals surface area contributed by atoms with Gasteiger partial charge in [0.25, 0.3) is 0 Å². The first-order valence-corrected chi connectivity index (χ1v) is 11.6. The number of benzene rings is 1. The number of carbonyl (C=O) groups excluding carboxylic acids is 1. The van der Waals surface area contributed by atoms with E-state index < -0.39 is 0 Å². The molecule has 1 N–H and O–H groups in total. The summed E-state index contributed by atoms with van der Waals surface area (Å²) in [5, 5.41) is 13.3. The zero-order valence-corrected chi connectivity index (χ0v) is 20.6. The van der Waals surface area contributed by atoms with Crippen molar-refractivity contribution in [1.82, 2.24) is 29.9 Å². The number of fused-ring (bicyclic) bond motifs is 1. The van der Waals surface area contributed by atoms with Crippen LogP contribution in [-0.4, -0.2) is 76.3 Å². The summed E-state index contributed by atoms with van der Waals surface area (Å²) in [5.74, 6) is 0.854. The van der Waals surface area contributed by atoms with Gasteiger partial charge in [0.1, 0.15) is 23.7 Å². The summed E-state index contributed by atoms with van der Waals surface area (Å²) in [4.78, 5) is 18.9. The molecule has 12 heteroatoms. The molecule has 0 aliphatic carbocycles. The molecule has 1 aromatic carbocycles. The maximum absolute atomic E-state index is 12.5. The number of hydrogen-bond acceptors (Lipinski definition) is 7. The number of rotatable bonds is 6. The lowest BCUT2D eigenvalue weighted by atomic mass is 10.1. The zero-order chi connectivity index (χ0) is 24.5. The number of carbonyl (C=O) groups is 1. The number of amides is 1. The zero-order valence-electron chi connectivity index (χ0n) is 19.0. The predicted octanol–water partition coefficient (Wildman–Crippen LogP) is 3.67. The molecule has 1 aliphatic heterocycles. The van der Waals surface area contributed by atoms with Gasteiger partial charge in [-0.1, -0.05) is 23.2 Å². The second-order valence-electron chi connectivity index (χ2n) is 7.89. The van der Waals surface area contributed by atoms with Gasteiger partial charge in [-0.15, -0.1) is 0 Å². The highest BCUT2D eigenvalue weighted by Gasteiger charge is 2.22. The molecule has 1 amide bonds. The molecule has 10 nitrogen and oxygen atoms in total. The van der Waals surface area contributed by atoms with Crippen LogP contribution >= 0.6 is 23.2 Å². The molecule has 35 heavy (non-hydrogen) atoms. The Bertz CT molecular complexity index is 1370. The second-order valence-corrected chi connectivity index (χ2v) is 8.65. The molecule has 4 aromatic rings. The summed E-state index contributed by atoms with van der Waals surface area (Å²) >= 11 is 13.1. The molecule has 1 saturated heterocycles. The van der Waals surface area contributed by atoms with Gasteiger partial charge in [0, 0.05) is 48.1 Å². The third-order valence-corrected chi connectivity index (χ3v) is 6.60. The minimum absolute atomic E-state index is 0.00335. The Morgan fingerprint density at radius 3 is 2.51 bits per heavy atom. The third kappa shape index (κ3) is 4.40. The van der Waals surface area contributed by atoms with E-state index in [-0.39, 0.29) is 12.5 Å². The van der Waals surface area contributed by atoms with Crippen molar-refractivity contribution in [2.75, 3.05) is 40.5 Å². The van der Waals surface area contributed by atoms with Gasteiger partial charge in [-0.25, -0.2) is 0 Å². The van der Waals surface area contributed by atoms with Gasteiger partial charge in [-0.2, -0.15) is 10.2 Å². The van der Waals surface area contributed by atoms with Crippen molar-refractivity contribution in [3.05, 3.63) is 40.8 Å². The molecule has 3 aromatic heterocycles. The molecule has 182 valence electrons. The smallest absolute Gasteiger partial charge is 0.244 e. The van der Waals surface area contributed by atoms with Crippen LogP contribution in [0.2, 0.25) is 10.0 Å². The average molecular weight is 517 g/mol. The Balaban J connectivity index is 1.44. The van der Waals surface area contributed by atoms with Crippen molar-refractivity contribution in [2.45, 2.75) is 6.54 Å². The maximum atomic E-state index is 12.5. The van der Waals surface area contributed by atoms with Crippen molar-refractivity contribution in [3.63, 3.8) is 0 Å². The topological polar surface area (TPSA) is 107 Å².